The van der Waals surface area contributed by atoms with Gasteiger partial charge in [-0.3, -0.25) is 49.4 Å². The van der Waals surface area contributed by atoms with Gasteiger partial charge in [-0.05, 0) is 226 Å². The van der Waals surface area contributed by atoms with Crippen LogP contribution in [0.15, 0.2) is 146 Å². The van der Waals surface area contributed by atoms with E-state index >= 15 is 0 Å². The van der Waals surface area contributed by atoms with Crippen molar-refractivity contribution >= 4 is 126 Å². The van der Waals surface area contributed by atoms with Crippen molar-refractivity contribution in [1.82, 2.24) is 24.5 Å². The molecule has 7 fully saturated rings. The van der Waals surface area contributed by atoms with Crippen LogP contribution in [-0.2, 0) is 9.59 Å². The van der Waals surface area contributed by atoms with Gasteiger partial charge < -0.3 is 54.3 Å². The highest BCUT2D eigenvalue weighted by molar-refractivity contribution is 9.10. The third-order valence-corrected chi connectivity index (χ3v) is 21.8. The third-order valence-electron chi connectivity index (χ3n) is 19.3. The molecule has 0 aliphatic carbocycles. The minimum absolute atomic E-state index is 0.0146. The number of rotatable bonds is 25. The maximum absolute atomic E-state index is 13.0. The molecular weight excluding hydrogens is 1610 g/mol. The van der Waals surface area contributed by atoms with E-state index in [0.29, 0.717) is 83.1 Å². The molecule has 7 aliphatic heterocycles. The molecule has 7 saturated heterocycles. The summed E-state index contributed by atoms with van der Waals surface area (Å²) in [5.74, 6) is 3.94. The number of nitrogens with two attached hydrogens (primary N) is 1. The second-order valence-electron chi connectivity index (χ2n) is 27.0. The number of amides is 2. The lowest BCUT2D eigenvalue weighted by molar-refractivity contribution is -0.385. The molecular formula is C81H101BrCl6N10O13. The predicted octanol–water partition coefficient (Wildman–Crippen LogP) is 17.0. The normalized spacial score (nSPS) is 17.7. The van der Waals surface area contributed by atoms with E-state index in [2.05, 4.69) is 52.6 Å². The van der Waals surface area contributed by atoms with Gasteiger partial charge in [0.2, 0.25) is 5.91 Å². The summed E-state index contributed by atoms with van der Waals surface area (Å²) in [5, 5.41) is 38.5. The second kappa shape index (κ2) is 48.2. The number of benzene rings is 7. The minimum atomic E-state index is -0.578. The summed E-state index contributed by atoms with van der Waals surface area (Å²) >= 11 is 39.0. The molecule has 14 rings (SSSR count). The number of nitro groups is 2. The zero-order valence-corrected chi connectivity index (χ0v) is 68.8. The molecule has 111 heavy (non-hydrogen) atoms. The number of hydrogen-bond donors (Lipinski definition) is 3. The lowest BCUT2D eigenvalue weighted by Crippen LogP contribution is -2.32. The highest BCUT2D eigenvalue weighted by Gasteiger charge is 2.35. The lowest BCUT2D eigenvalue weighted by Gasteiger charge is -2.19. The zero-order valence-electron chi connectivity index (χ0n) is 62.7. The van der Waals surface area contributed by atoms with Gasteiger partial charge in [-0.2, -0.15) is 0 Å². The number of nitrogen functional groups attached to an aromatic ring is 1. The topological polar surface area (TPSA) is 256 Å². The Hall–Kier alpha value is -7.14. The number of aliphatic hydroxyl groups excluding tert-OH is 1. The summed E-state index contributed by atoms with van der Waals surface area (Å²) in [7, 11) is 1.00. The maximum Gasteiger partial charge on any atom is 0.271 e. The molecule has 7 aliphatic rings. The molecule has 0 spiro atoms. The monoisotopic (exact) mass is 1710 g/mol. The van der Waals surface area contributed by atoms with Gasteiger partial charge in [-0.1, -0.05) is 116 Å². The Morgan fingerprint density at radius 2 is 0.802 bits per heavy atom. The molecule has 30 heteroatoms. The summed E-state index contributed by atoms with van der Waals surface area (Å²) in [6.45, 7) is 20.4. The van der Waals surface area contributed by atoms with Gasteiger partial charge in [-0.25, -0.2) is 0 Å². The first-order valence-electron chi connectivity index (χ1n) is 37.7. The third kappa shape index (κ3) is 29.6. The molecule has 7 aromatic rings. The first-order valence-corrected chi connectivity index (χ1v) is 41.1. The standard InChI is InChI=1S/C28H29ClN2O3.C16H20BrClN2O2.C12H15ClN2O3.C12H17ClN2O.C6H4ClNO3.C6H12ClN.CH4O/c29-25-20-23(10-13-26(25)33-19-18-30-15-4-5-16-30)31-17-14-27(28(31)32)34-24-11-8-22(9-12-24)21-6-2-1-3-7-21;17-13-5-8-20(16(13)21)12-3-4-15(14(18)11-12)22-10-9-19-6-1-2-7-19;13-11-9-10(15(16)17)3-4-12(11)18-8-7-14-5-1-2-6-14;13-11-9-10(14)3-4-12(11)16-8-7-15-5-1-2-6-15;7-5-3-4(8(10)11)1-2-6(5)9;7-3-6-8-4-1-2-5-8;1-2/h1-3,6-13,20,27H,4-5,14-19H2;3-4,11,13H,1-2,5-10H2;3-4,9H,1-2,5-8H2;3-4,9H,1-2,5-8,14H2;1-3,9H;1-6H2;2H,1H3. The van der Waals surface area contributed by atoms with Crippen LogP contribution in [0.1, 0.15) is 77.0 Å². The average Bonchev–Trinajstić information content (AvgIpc) is 1.70. The van der Waals surface area contributed by atoms with Crippen LogP contribution >= 0.6 is 85.5 Å². The molecule has 4 N–H and O–H groups in total. The molecule has 602 valence electrons. The molecule has 0 bridgehead atoms. The van der Waals surface area contributed by atoms with Crippen LogP contribution in [0.4, 0.5) is 28.4 Å². The van der Waals surface area contributed by atoms with Gasteiger partial charge in [0, 0.05) is 107 Å². The van der Waals surface area contributed by atoms with Crippen molar-refractivity contribution in [2.75, 3.05) is 166 Å². The van der Waals surface area contributed by atoms with E-state index < -0.39 is 16.0 Å². The summed E-state index contributed by atoms with van der Waals surface area (Å²) in [6, 6.07) is 42.2. The van der Waals surface area contributed by atoms with Crippen LogP contribution < -0.4 is 39.2 Å². The van der Waals surface area contributed by atoms with Gasteiger partial charge in [0.05, 0.1) is 39.8 Å². The number of ether oxygens (including phenoxy) is 5. The molecule has 23 nitrogen and oxygen atoms in total. The van der Waals surface area contributed by atoms with Crippen molar-refractivity contribution in [3.05, 3.63) is 191 Å². The SMILES string of the molecule is CO.ClCCN1CCCC1.Nc1ccc(OCCN2CCCC2)c(Cl)c1.O=C1C(Br)CCN1c1ccc(OCCN2CCCC2)c(Cl)c1.O=C1C(Oc2ccc(-c3ccccc3)cc2)CCN1c1ccc(OCCN2CCCC2)c(Cl)c1.O=[N+]([O-])c1ccc(O)c(Cl)c1.O=[N+]([O-])c1ccc(OCCN2CCCC2)c(Cl)c1. The number of anilines is 3. The number of alkyl halides is 2. The Balaban J connectivity index is 0.000000176. The number of carbonyl (C=O) groups excluding carboxylic acids is 2. The summed E-state index contributed by atoms with van der Waals surface area (Å²) in [5.41, 5.74) is 9.99. The van der Waals surface area contributed by atoms with Crippen molar-refractivity contribution in [3.8, 4) is 45.6 Å². The molecule has 2 atom stereocenters. The molecule has 0 saturated carbocycles. The van der Waals surface area contributed by atoms with E-state index in [9.17, 15) is 29.8 Å². The number of aliphatic hydroxyl groups is 1. The first-order chi connectivity index (χ1) is 53.8. The van der Waals surface area contributed by atoms with Gasteiger partial charge in [0.25, 0.3) is 17.3 Å². The van der Waals surface area contributed by atoms with Crippen LogP contribution in [-0.4, -0.2) is 218 Å². The number of phenols is 1. The molecule has 0 radical (unpaired) electrons. The molecule has 7 aromatic carbocycles. The number of non-ortho nitro benzene ring substituents is 2. The maximum atomic E-state index is 13.0. The number of hydrogen-bond acceptors (Lipinski definition) is 19. The lowest BCUT2D eigenvalue weighted by atomic mass is 10.1. The highest BCUT2D eigenvalue weighted by atomic mass is 79.9. The summed E-state index contributed by atoms with van der Waals surface area (Å²) in [4.78, 5) is 60.1. The van der Waals surface area contributed by atoms with Crippen molar-refractivity contribution in [3.63, 3.8) is 0 Å². The Bertz CT molecular complexity index is 4010. The van der Waals surface area contributed by atoms with E-state index in [1.807, 2.05) is 84.9 Å². The Labute approximate surface area is 689 Å². The number of nitro benzene ring substituents is 2. The van der Waals surface area contributed by atoms with Gasteiger partial charge in [0.1, 0.15) is 60.9 Å². The number of carbonyl (C=O) groups is 2. The smallest absolute Gasteiger partial charge is 0.271 e. The average molecular weight is 1720 g/mol. The van der Waals surface area contributed by atoms with Gasteiger partial charge in [0.15, 0.2) is 6.10 Å². The fourth-order valence-electron chi connectivity index (χ4n) is 13.2. The van der Waals surface area contributed by atoms with Crippen molar-refractivity contribution in [2.45, 2.75) is 88.0 Å². The van der Waals surface area contributed by atoms with E-state index in [1.54, 1.807) is 28.0 Å². The summed E-state index contributed by atoms with van der Waals surface area (Å²) in [6.07, 6.45) is 13.9. The van der Waals surface area contributed by atoms with Crippen LogP contribution in [0.2, 0.25) is 25.1 Å². The van der Waals surface area contributed by atoms with Crippen LogP contribution in [0.25, 0.3) is 11.1 Å². The zero-order chi connectivity index (χ0) is 79.4. The van der Waals surface area contributed by atoms with Crippen molar-refractivity contribution in [2.24, 2.45) is 0 Å². The fraction of sp³-hybridized carbons (Fsp3) is 0.457. The molecule has 2 unspecified atom stereocenters. The largest absolute Gasteiger partial charge is 0.506 e. The van der Waals surface area contributed by atoms with Crippen LogP contribution in [0.5, 0.6) is 34.5 Å². The minimum Gasteiger partial charge on any atom is -0.506 e. The summed E-state index contributed by atoms with van der Waals surface area (Å²) < 4.78 is 28.9. The Morgan fingerprint density at radius 1 is 0.441 bits per heavy atom. The Kier molecular flexibility index (Phi) is 38.8. The van der Waals surface area contributed by atoms with E-state index in [4.69, 9.17) is 109 Å². The van der Waals surface area contributed by atoms with E-state index in [-0.39, 0.29) is 43.8 Å². The molecule has 2 amide bonds. The van der Waals surface area contributed by atoms with Crippen LogP contribution in [0.3, 0.4) is 0 Å². The number of nitrogens with zero attached hydrogens (tertiary/aromatic N) is 9. The first kappa shape index (κ1) is 89.4. The number of aromatic hydroxyl groups is 1. The second-order valence-corrected chi connectivity index (χ2v) is 30.6. The number of phenolic OH excluding ortho intramolecular Hbond substituents is 1. The quantitative estimate of drug-likeness (QED) is 0.0208. The number of likely N-dealkylation sites (tertiary alicyclic amines) is 5. The van der Waals surface area contributed by atoms with E-state index in [1.165, 1.54) is 128 Å². The molecule has 7 heterocycles. The fourth-order valence-corrected chi connectivity index (χ4v) is 15.0. The van der Waals surface area contributed by atoms with Crippen LogP contribution in [0, 0.1) is 20.2 Å². The molecule has 0 aromatic heterocycles. The van der Waals surface area contributed by atoms with E-state index in [0.717, 1.165) is 119 Å². The van der Waals surface area contributed by atoms with Crippen molar-refractivity contribution in [1.29, 1.82) is 0 Å². The number of halogens is 7. The predicted molar refractivity (Wildman–Crippen MR) is 449 cm³/mol. The van der Waals surface area contributed by atoms with Crippen molar-refractivity contribution < 1.29 is 53.3 Å². The van der Waals surface area contributed by atoms with Gasteiger partial charge in [-0.15, -0.1) is 11.6 Å². The highest BCUT2D eigenvalue weighted by Crippen LogP contribution is 2.36. The van der Waals surface area contributed by atoms with Gasteiger partial charge >= 0.3 is 0 Å². The Morgan fingerprint density at radius 3 is 1.18 bits per heavy atom.